The average Bonchev–Trinajstić information content (AvgIpc) is 2.61. The van der Waals surface area contributed by atoms with Gasteiger partial charge < -0.3 is 5.73 Å². The molecular weight excluding hydrogens is 190 g/mol. The van der Waals surface area contributed by atoms with Gasteiger partial charge in [0.15, 0.2) is 0 Å². The van der Waals surface area contributed by atoms with Crippen LogP contribution in [-0.2, 0) is 12.8 Å². The zero-order valence-corrected chi connectivity index (χ0v) is 9.44. The highest BCUT2D eigenvalue weighted by Gasteiger charge is 2.10. The van der Waals surface area contributed by atoms with E-state index in [0.717, 1.165) is 5.75 Å². The van der Waals surface area contributed by atoms with Gasteiger partial charge in [0.05, 0.1) is 0 Å². The molecule has 0 aromatic heterocycles. The van der Waals surface area contributed by atoms with Gasteiger partial charge in [-0.05, 0) is 49.4 Å². The molecule has 1 aliphatic rings. The lowest BCUT2D eigenvalue weighted by molar-refractivity contribution is 0.847. The molecule has 0 spiro atoms. The van der Waals surface area contributed by atoms with E-state index >= 15 is 0 Å². The molecule has 76 valence electrons. The Hall–Kier alpha value is -0.470. The van der Waals surface area contributed by atoms with Crippen LogP contribution in [0.3, 0.4) is 0 Å². The van der Waals surface area contributed by atoms with Crippen molar-refractivity contribution in [3.8, 4) is 0 Å². The number of nitrogens with two attached hydrogens (primary N) is 1. The quantitative estimate of drug-likeness (QED) is 0.771. The molecule has 0 heterocycles. The Kier molecular flexibility index (Phi) is 3.14. The SMILES string of the molecule is C[C@@H](N)CSc1ccc2c(c1)CCC2. The number of aryl methyl sites for hydroxylation is 2. The molecule has 0 saturated heterocycles. The van der Waals surface area contributed by atoms with Crippen molar-refractivity contribution < 1.29 is 0 Å². The van der Waals surface area contributed by atoms with Gasteiger partial charge in [0, 0.05) is 16.7 Å². The fourth-order valence-electron chi connectivity index (χ4n) is 1.87. The summed E-state index contributed by atoms with van der Waals surface area (Å²) in [5.74, 6) is 1.01. The normalized spacial score (nSPS) is 16.7. The third-order valence-electron chi connectivity index (χ3n) is 2.58. The van der Waals surface area contributed by atoms with Crippen LogP contribution in [0.25, 0.3) is 0 Å². The largest absolute Gasteiger partial charge is 0.327 e. The predicted molar refractivity (Wildman–Crippen MR) is 62.8 cm³/mol. The first-order chi connectivity index (χ1) is 6.75. The lowest BCUT2D eigenvalue weighted by Gasteiger charge is -2.06. The first kappa shape index (κ1) is 10.1. The van der Waals surface area contributed by atoms with Gasteiger partial charge in [-0.2, -0.15) is 0 Å². The van der Waals surface area contributed by atoms with Crippen molar-refractivity contribution in [1.29, 1.82) is 0 Å². The molecule has 1 aromatic carbocycles. The first-order valence-electron chi connectivity index (χ1n) is 5.26. The molecule has 0 radical (unpaired) electrons. The summed E-state index contributed by atoms with van der Waals surface area (Å²) in [5.41, 5.74) is 8.84. The van der Waals surface area contributed by atoms with E-state index < -0.39 is 0 Å². The van der Waals surface area contributed by atoms with E-state index in [1.165, 1.54) is 24.2 Å². The topological polar surface area (TPSA) is 26.0 Å². The maximum atomic E-state index is 5.73. The van der Waals surface area contributed by atoms with Crippen molar-refractivity contribution in [2.24, 2.45) is 5.73 Å². The number of hydrogen-bond acceptors (Lipinski definition) is 2. The molecule has 1 aromatic rings. The molecule has 0 bridgehead atoms. The summed E-state index contributed by atoms with van der Waals surface area (Å²) in [7, 11) is 0. The van der Waals surface area contributed by atoms with E-state index in [1.807, 2.05) is 11.8 Å². The van der Waals surface area contributed by atoms with Crippen LogP contribution in [0.2, 0.25) is 0 Å². The molecule has 2 heteroatoms. The molecule has 0 aliphatic heterocycles. The van der Waals surface area contributed by atoms with Crippen molar-refractivity contribution in [3.05, 3.63) is 29.3 Å². The van der Waals surface area contributed by atoms with Gasteiger partial charge in [-0.3, -0.25) is 0 Å². The third-order valence-corrected chi connectivity index (χ3v) is 3.86. The summed E-state index contributed by atoms with van der Waals surface area (Å²) in [6.07, 6.45) is 3.87. The monoisotopic (exact) mass is 207 g/mol. The van der Waals surface area contributed by atoms with Crippen LogP contribution >= 0.6 is 11.8 Å². The first-order valence-corrected chi connectivity index (χ1v) is 6.24. The standard InChI is InChI=1S/C12H17NS/c1-9(13)8-14-12-6-5-10-3-2-4-11(10)7-12/h5-7,9H,2-4,8,13H2,1H3/t9-/m1/s1. The van der Waals surface area contributed by atoms with E-state index in [-0.39, 0.29) is 6.04 Å². The second-order valence-corrected chi connectivity index (χ2v) is 5.17. The summed E-state index contributed by atoms with van der Waals surface area (Å²) in [6.45, 7) is 2.06. The highest BCUT2D eigenvalue weighted by atomic mass is 32.2. The van der Waals surface area contributed by atoms with Crippen LogP contribution in [0.5, 0.6) is 0 Å². The van der Waals surface area contributed by atoms with Crippen LogP contribution in [0.15, 0.2) is 23.1 Å². The van der Waals surface area contributed by atoms with E-state index in [4.69, 9.17) is 5.73 Å². The lowest BCUT2D eigenvalue weighted by atomic mass is 10.1. The highest BCUT2D eigenvalue weighted by molar-refractivity contribution is 7.99. The molecule has 2 rings (SSSR count). The van der Waals surface area contributed by atoms with Gasteiger partial charge in [0.2, 0.25) is 0 Å². The van der Waals surface area contributed by atoms with Crippen LogP contribution in [0, 0.1) is 0 Å². The third kappa shape index (κ3) is 2.31. The van der Waals surface area contributed by atoms with E-state index in [9.17, 15) is 0 Å². The average molecular weight is 207 g/mol. The zero-order chi connectivity index (χ0) is 9.97. The van der Waals surface area contributed by atoms with Crippen LogP contribution < -0.4 is 5.73 Å². The molecule has 0 amide bonds. The number of thioether (sulfide) groups is 1. The van der Waals surface area contributed by atoms with Gasteiger partial charge in [0.1, 0.15) is 0 Å². The Morgan fingerprint density at radius 3 is 2.93 bits per heavy atom. The van der Waals surface area contributed by atoms with Gasteiger partial charge in [-0.15, -0.1) is 11.8 Å². The summed E-state index contributed by atoms with van der Waals surface area (Å²) in [4.78, 5) is 1.38. The summed E-state index contributed by atoms with van der Waals surface area (Å²) >= 11 is 1.87. The summed E-state index contributed by atoms with van der Waals surface area (Å²) in [6, 6.07) is 7.14. The zero-order valence-electron chi connectivity index (χ0n) is 8.62. The minimum Gasteiger partial charge on any atom is -0.327 e. The Morgan fingerprint density at radius 2 is 2.14 bits per heavy atom. The van der Waals surface area contributed by atoms with Gasteiger partial charge >= 0.3 is 0 Å². The lowest BCUT2D eigenvalue weighted by Crippen LogP contribution is -2.17. The maximum Gasteiger partial charge on any atom is 0.0129 e. The number of hydrogen-bond donors (Lipinski definition) is 1. The molecule has 1 atom stereocenters. The van der Waals surface area contributed by atoms with Crippen molar-refractivity contribution in [2.45, 2.75) is 37.1 Å². The Balaban J connectivity index is 2.05. The van der Waals surface area contributed by atoms with Gasteiger partial charge in [0.25, 0.3) is 0 Å². The summed E-state index contributed by atoms with van der Waals surface area (Å²) < 4.78 is 0. The highest BCUT2D eigenvalue weighted by Crippen LogP contribution is 2.27. The van der Waals surface area contributed by atoms with Gasteiger partial charge in [-0.25, -0.2) is 0 Å². The molecular formula is C12H17NS. The maximum absolute atomic E-state index is 5.73. The number of rotatable bonds is 3. The number of fused-ring (bicyclic) bond motifs is 1. The minimum absolute atomic E-state index is 0.285. The van der Waals surface area contributed by atoms with Crippen molar-refractivity contribution in [2.75, 3.05) is 5.75 Å². The van der Waals surface area contributed by atoms with Crippen molar-refractivity contribution in [1.82, 2.24) is 0 Å². The fraction of sp³-hybridized carbons (Fsp3) is 0.500. The Labute approximate surface area is 90.1 Å². The Morgan fingerprint density at radius 1 is 1.36 bits per heavy atom. The smallest absolute Gasteiger partial charge is 0.0129 e. The molecule has 0 fully saturated rings. The molecule has 14 heavy (non-hydrogen) atoms. The van der Waals surface area contributed by atoms with Gasteiger partial charge in [-0.1, -0.05) is 6.07 Å². The second kappa shape index (κ2) is 4.37. The fourth-order valence-corrected chi connectivity index (χ4v) is 2.71. The van der Waals surface area contributed by atoms with Crippen LogP contribution in [0.1, 0.15) is 24.5 Å². The van der Waals surface area contributed by atoms with E-state index in [1.54, 1.807) is 11.1 Å². The summed E-state index contributed by atoms with van der Waals surface area (Å²) in [5, 5.41) is 0. The second-order valence-electron chi connectivity index (χ2n) is 4.07. The van der Waals surface area contributed by atoms with Crippen molar-refractivity contribution in [3.63, 3.8) is 0 Å². The molecule has 0 saturated carbocycles. The van der Waals surface area contributed by atoms with E-state index in [2.05, 4.69) is 25.1 Å². The van der Waals surface area contributed by atoms with Crippen LogP contribution in [-0.4, -0.2) is 11.8 Å². The molecule has 2 N–H and O–H groups in total. The molecule has 1 aliphatic carbocycles. The van der Waals surface area contributed by atoms with Crippen LogP contribution in [0.4, 0.5) is 0 Å². The van der Waals surface area contributed by atoms with E-state index in [0.29, 0.717) is 0 Å². The minimum atomic E-state index is 0.285. The number of benzene rings is 1. The van der Waals surface area contributed by atoms with Crippen molar-refractivity contribution >= 4 is 11.8 Å². The molecule has 0 unspecified atom stereocenters. The Bertz CT molecular complexity index is 320. The molecule has 1 nitrogen and oxygen atoms in total. The predicted octanol–water partition coefficient (Wildman–Crippen LogP) is 2.61.